The van der Waals surface area contributed by atoms with Gasteiger partial charge in [-0.2, -0.15) is 0 Å². The Morgan fingerprint density at radius 2 is 2.07 bits per heavy atom. The van der Waals surface area contributed by atoms with Gasteiger partial charge in [-0.05, 0) is 12.8 Å². The molecule has 4 heteroatoms. The SMILES string of the molecule is C=C(CC=C(CC)C(=O)O)C(=O)OC. The van der Waals surface area contributed by atoms with Gasteiger partial charge in [0.25, 0.3) is 0 Å². The summed E-state index contributed by atoms with van der Waals surface area (Å²) in [5, 5.41) is 8.67. The molecule has 0 aromatic heterocycles. The number of allylic oxidation sites excluding steroid dienone is 1. The number of rotatable bonds is 5. The number of methoxy groups -OCH3 is 1. The summed E-state index contributed by atoms with van der Waals surface area (Å²) in [5.74, 6) is -1.48. The van der Waals surface area contributed by atoms with Crippen LogP contribution < -0.4 is 0 Å². The van der Waals surface area contributed by atoms with E-state index in [2.05, 4.69) is 11.3 Å². The van der Waals surface area contributed by atoms with Gasteiger partial charge in [-0.1, -0.05) is 19.6 Å². The van der Waals surface area contributed by atoms with E-state index in [0.29, 0.717) is 6.42 Å². The Kier molecular flexibility index (Phi) is 5.29. The van der Waals surface area contributed by atoms with Crippen molar-refractivity contribution in [2.75, 3.05) is 7.11 Å². The summed E-state index contributed by atoms with van der Waals surface area (Å²) < 4.78 is 4.42. The molecule has 0 bridgehead atoms. The van der Waals surface area contributed by atoms with E-state index in [4.69, 9.17) is 5.11 Å². The van der Waals surface area contributed by atoms with Crippen LogP contribution in [0.3, 0.4) is 0 Å². The summed E-state index contributed by atoms with van der Waals surface area (Å²) in [6, 6.07) is 0. The molecule has 4 nitrogen and oxygen atoms in total. The zero-order valence-corrected chi connectivity index (χ0v) is 8.37. The summed E-state index contributed by atoms with van der Waals surface area (Å²) in [6.45, 7) is 5.22. The Bertz CT molecular complexity index is 276. The van der Waals surface area contributed by atoms with Crippen molar-refractivity contribution >= 4 is 11.9 Å². The molecular weight excluding hydrogens is 184 g/mol. The number of ether oxygens (including phenoxy) is 1. The maximum atomic E-state index is 10.9. The summed E-state index contributed by atoms with van der Waals surface area (Å²) in [5.41, 5.74) is 0.523. The molecule has 0 aromatic carbocycles. The molecular formula is C10H14O4. The monoisotopic (exact) mass is 198 g/mol. The predicted octanol–water partition coefficient (Wildman–Crippen LogP) is 1.53. The number of carbonyl (C=O) groups is 2. The minimum Gasteiger partial charge on any atom is -0.478 e. The molecule has 0 atom stereocenters. The van der Waals surface area contributed by atoms with Crippen molar-refractivity contribution in [1.29, 1.82) is 0 Å². The molecule has 0 aromatic rings. The molecule has 14 heavy (non-hydrogen) atoms. The smallest absolute Gasteiger partial charge is 0.333 e. The number of aliphatic carboxylic acids is 1. The van der Waals surface area contributed by atoms with Crippen LogP contribution in [-0.4, -0.2) is 24.2 Å². The van der Waals surface area contributed by atoms with Crippen LogP contribution in [0.4, 0.5) is 0 Å². The van der Waals surface area contributed by atoms with Gasteiger partial charge in [0.1, 0.15) is 0 Å². The highest BCUT2D eigenvalue weighted by Gasteiger charge is 2.07. The lowest BCUT2D eigenvalue weighted by atomic mass is 10.1. The average molecular weight is 198 g/mol. The van der Waals surface area contributed by atoms with Crippen LogP contribution >= 0.6 is 0 Å². The summed E-state index contributed by atoms with van der Waals surface area (Å²) in [6.07, 6.45) is 2.10. The van der Waals surface area contributed by atoms with Crippen molar-refractivity contribution in [1.82, 2.24) is 0 Å². The molecule has 0 aliphatic heterocycles. The van der Waals surface area contributed by atoms with Gasteiger partial charge in [0.15, 0.2) is 0 Å². The van der Waals surface area contributed by atoms with Crippen LogP contribution in [0, 0.1) is 0 Å². The first-order valence-corrected chi connectivity index (χ1v) is 4.21. The number of esters is 1. The van der Waals surface area contributed by atoms with Gasteiger partial charge in [-0.25, -0.2) is 9.59 Å². The first-order valence-electron chi connectivity index (χ1n) is 4.21. The lowest BCUT2D eigenvalue weighted by Gasteiger charge is -2.00. The van der Waals surface area contributed by atoms with E-state index < -0.39 is 11.9 Å². The van der Waals surface area contributed by atoms with Gasteiger partial charge in [-0.3, -0.25) is 0 Å². The maximum absolute atomic E-state index is 10.9. The summed E-state index contributed by atoms with van der Waals surface area (Å²) >= 11 is 0. The maximum Gasteiger partial charge on any atom is 0.333 e. The number of carboxylic acids is 1. The zero-order chi connectivity index (χ0) is 11.1. The van der Waals surface area contributed by atoms with Crippen molar-refractivity contribution in [2.45, 2.75) is 19.8 Å². The van der Waals surface area contributed by atoms with Crippen molar-refractivity contribution in [3.63, 3.8) is 0 Å². The van der Waals surface area contributed by atoms with Gasteiger partial charge >= 0.3 is 11.9 Å². The van der Waals surface area contributed by atoms with E-state index in [0.717, 1.165) is 0 Å². The quantitative estimate of drug-likeness (QED) is 0.537. The van der Waals surface area contributed by atoms with E-state index in [1.807, 2.05) is 0 Å². The van der Waals surface area contributed by atoms with Crippen LogP contribution in [0.5, 0.6) is 0 Å². The molecule has 0 amide bonds. The van der Waals surface area contributed by atoms with Crippen LogP contribution in [0.1, 0.15) is 19.8 Å². The van der Waals surface area contributed by atoms with Gasteiger partial charge in [0.2, 0.25) is 0 Å². The minimum absolute atomic E-state index is 0.210. The second-order valence-corrected chi connectivity index (χ2v) is 2.69. The number of carbonyl (C=O) groups excluding carboxylic acids is 1. The fourth-order valence-electron chi connectivity index (χ4n) is 0.857. The van der Waals surface area contributed by atoms with Crippen molar-refractivity contribution in [2.24, 2.45) is 0 Å². The molecule has 0 rings (SSSR count). The summed E-state index contributed by atoms with van der Waals surface area (Å²) in [7, 11) is 1.26. The third-order valence-electron chi connectivity index (χ3n) is 1.72. The van der Waals surface area contributed by atoms with Gasteiger partial charge in [-0.15, -0.1) is 0 Å². The minimum atomic E-state index is -0.967. The Labute approximate surface area is 82.9 Å². The van der Waals surface area contributed by atoms with E-state index in [1.165, 1.54) is 13.2 Å². The second-order valence-electron chi connectivity index (χ2n) is 2.69. The molecule has 0 heterocycles. The van der Waals surface area contributed by atoms with E-state index in [9.17, 15) is 9.59 Å². The third kappa shape index (κ3) is 3.89. The molecule has 0 spiro atoms. The normalized spacial score (nSPS) is 10.9. The molecule has 0 radical (unpaired) electrons. The highest BCUT2D eigenvalue weighted by atomic mass is 16.5. The van der Waals surface area contributed by atoms with E-state index in [1.54, 1.807) is 6.92 Å². The van der Waals surface area contributed by atoms with E-state index in [-0.39, 0.29) is 17.6 Å². The molecule has 0 aliphatic rings. The first-order chi connectivity index (χ1) is 6.52. The predicted molar refractivity (Wildman–Crippen MR) is 51.8 cm³/mol. The first kappa shape index (κ1) is 12.4. The number of hydrogen-bond acceptors (Lipinski definition) is 3. The van der Waals surface area contributed by atoms with Crippen LogP contribution in [0.25, 0.3) is 0 Å². The van der Waals surface area contributed by atoms with Crippen molar-refractivity contribution < 1.29 is 19.4 Å². The number of carboxylic acid groups (broad SMARTS) is 1. The van der Waals surface area contributed by atoms with E-state index >= 15 is 0 Å². The fraction of sp³-hybridized carbons (Fsp3) is 0.400. The second kappa shape index (κ2) is 5.96. The lowest BCUT2D eigenvalue weighted by Crippen LogP contribution is -2.04. The molecule has 0 saturated carbocycles. The Balaban J connectivity index is 4.33. The molecule has 0 unspecified atom stereocenters. The largest absolute Gasteiger partial charge is 0.478 e. The lowest BCUT2D eigenvalue weighted by molar-refractivity contribution is -0.136. The Morgan fingerprint density at radius 3 is 2.43 bits per heavy atom. The fourth-order valence-corrected chi connectivity index (χ4v) is 0.857. The molecule has 1 N–H and O–H groups in total. The average Bonchev–Trinajstić information content (AvgIpc) is 2.16. The highest BCUT2D eigenvalue weighted by molar-refractivity contribution is 5.89. The topological polar surface area (TPSA) is 63.6 Å². The Morgan fingerprint density at radius 1 is 1.50 bits per heavy atom. The highest BCUT2D eigenvalue weighted by Crippen LogP contribution is 2.07. The third-order valence-corrected chi connectivity index (χ3v) is 1.72. The molecule has 0 aliphatic carbocycles. The van der Waals surface area contributed by atoms with Gasteiger partial charge in [0.05, 0.1) is 7.11 Å². The Hall–Kier alpha value is -1.58. The van der Waals surface area contributed by atoms with Gasteiger partial charge < -0.3 is 9.84 Å². The molecule has 78 valence electrons. The van der Waals surface area contributed by atoms with Crippen molar-refractivity contribution in [3.8, 4) is 0 Å². The summed E-state index contributed by atoms with van der Waals surface area (Å²) in [4.78, 5) is 21.5. The molecule has 0 fully saturated rings. The van der Waals surface area contributed by atoms with Gasteiger partial charge in [0, 0.05) is 11.1 Å². The van der Waals surface area contributed by atoms with Crippen molar-refractivity contribution in [3.05, 3.63) is 23.8 Å². The van der Waals surface area contributed by atoms with Crippen LogP contribution in [-0.2, 0) is 14.3 Å². The standard InChI is InChI=1S/C10H14O4/c1-4-8(9(11)12)6-5-7(2)10(13)14-3/h6H,2,4-5H2,1,3H3,(H,11,12). The van der Waals surface area contributed by atoms with Crippen LogP contribution in [0.2, 0.25) is 0 Å². The van der Waals surface area contributed by atoms with Crippen LogP contribution in [0.15, 0.2) is 23.8 Å². The molecule has 0 saturated heterocycles. The number of hydrogen-bond donors (Lipinski definition) is 1. The zero-order valence-electron chi connectivity index (χ0n) is 8.37.